The molecule has 0 aliphatic carbocycles. The number of carbonyl (C=O) groups is 1. The lowest BCUT2D eigenvalue weighted by Gasteiger charge is -2.21. The fourth-order valence-electron chi connectivity index (χ4n) is 2.41. The Labute approximate surface area is 133 Å². The summed E-state index contributed by atoms with van der Waals surface area (Å²) < 4.78 is 0. The van der Waals surface area contributed by atoms with Gasteiger partial charge in [0, 0.05) is 19.5 Å². The Kier molecular flexibility index (Phi) is 4.18. The number of anilines is 1. The zero-order valence-corrected chi connectivity index (χ0v) is 12.7. The van der Waals surface area contributed by atoms with Gasteiger partial charge in [0.25, 0.3) is 0 Å². The van der Waals surface area contributed by atoms with Crippen LogP contribution in [0.25, 0.3) is 11.0 Å². The van der Waals surface area contributed by atoms with Gasteiger partial charge in [-0.25, -0.2) is 14.8 Å². The Morgan fingerprint density at radius 3 is 2.83 bits per heavy atom. The van der Waals surface area contributed by atoms with Crippen molar-refractivity contribution in [2.75, 3.05) is 18.0 Å². The Hall–Kier alpha value is -2.96. The van der Waals surface area contributed by atoms with Crippen LogP contribution in [0.5, 0.6) is 0 Å². The Balaban J connectivity index is 1.74. The van der Waals surface area contributed by atoms with E-state index in [2.05, 4.69) is 19.9 Å². The van der Waals surface area contributed by atoms with E-state index in [1.165, 1.54) is 6.20 Å². The molecular weight excluding hydrogens is 294 g/mol. The SMILES string of the molecule is CCN(CCc1nc2ccccc2[nH]1)c1cncc(C(=O)O)n1. The molecule has 0 saturated heterocycles. The number of carboxylic acid groups (broad SMARTS) is 1. The number of likely N-dealkylation sites (N-methyl/N-ethyl adjacent to an activating group) is 1. The van der Waals surface area contributed by atoms with E-state index in [9.17, 15) is 4.79 Å². The van der Waals surface area contributed by atoms with Gasteiger partial charge in [-0.05, 0) is 19.1 Å². The van der Waals surface area contributed by atoms with Crippen LogP contribution in [-0.4, -0.2) is 44.1 Å². The number of aromatic amines is 1. The monoisotopic (exact) mass is 311 g/mol. The van der Waals surface area contributed by atoms with Crippen LogP contribution in [0.15, 0.2) is 36.7 Å². The lowest BCUT2D eigenvalue weighted by molar-refractivity contribution is 0.0690. The summed E-state index contributed by atoms with van der Waals surface area (Å²) in [6.45, 7) is 3.37. The molecule has 1 aromatic carbocycles. The molecule has 0 aliphatic rings. The molecule has 118 valence electrons. The molecule has 0 atom stereocenters. The van der Waals surface area contributed by atoms with Crippen LogP contribution in [0.2, 0.25) is 0 Å². The van der Waals surface area contributed by atoms with Crippen molar-refractivity contribution in [1.82, 2.24) is 19.9 Å². The molecule has 0 radical (unpaired) electrons. The van der Waals surface area contributed by atoms with Crippen molar-refractivity contribution in [1.29, 1.82) is 0 Å². The van der Waals surface area contributed by atoms with Crippen LogP contribution in [0, 0.1) is 0 Å². The van der Waals surface area contributed by atoms with Crippen LogP contribution < -0.4 is 4.90 Å². The van der Waals surface area contributed by atoms with E-state index < -0.39 is 5.97 Å². The largest absolute Gasteiger partial charge is 0.476 e. The molecule has 0 spiro atoms. The van der Waals surface area contributed by atoms with Gasteiger partial charge in [0.2, 0.25) is 0 Å². The van der Waals surface area contributed by atoms with Crippen molar-refractivity contribution >= 4 is 22.8 Å². The molecule has 0 saturated carbocycles. The van der Waals surface area contributed by atoms with Gasteiger partial charge in [0.15, 0.2) is 5.69 Å². The second-order valence-electron chi connectivity index (χ2n) is 5.10. The third kappa shape index (κ3) is 3.28. The van der Waals surface area contributed by atoms with E-state index in [0.717, 1.165) is 16.9 Å². The first-order chi connectivity index (χ1) is 11.2. The molecule has 0 fully saturated rings. The Morgan fingerprint density at radius 1 is 1.26 bits per heavy atom. The highest BCUT2D eigenvalue weighted by Gasteiger charge is 2.12. The summed E-state index contributed by atoms with van der Waals surface area (Å²) in [5.41, 5.74) is 1.90. The zero-order chi connectivity index (χ0) is 16.2. The molecule has 7 nitrogen and oxygen atoms in total. The maximum absolute atomic E-state index is 11.0. The average molecular weight is 311 g/mol. The molecule has 2 N–H and O–H groups in total. The lowest BCUT2D eigenvalue weighted by Crippen LogP contribution is -2.27. The first-order valence-electron chi connectivity index (χ1n) is 7.41. The number of aromatic carboxylic acids is 1. The van der Waals surface area contributed by atoms with Gasteiger partial charge in [-0.2, -0.15) is 0 Å². The van der Waals surface area contributed by atoms with Crippen LogP contribution in [0.3, 0.4) is 0 Å². The molecule has 0 unspecified atom stereocenters. The molecule has 7 heteroatoms. The van der Waals surface area contributed by atoms with Gasteiger partial charge in [0.1, 0.15) is 11.6 Å². The van der Waals surface area contributed by atoms with E-state index in [-0.39, 0.29) is 5.69 Å². The molecule has 0 amide bonds. The van der Waals surface area contributed by atoms with E-state index in [1.807, 2.05) is 36.1 Å². The van der Waals surface area contributed by atoms with Crippen LogP contribution >= 0.6 is 0 Å². The quantitative estimate of drug-likeness (QED) is 0.724. The first-order valence-corrected chi connectivity index (χ1v) is 7.41. The first kappa shape index (κ1) is 15.0. The number of hydrogen-bond acceptors (Lipinski definition) is 5. The molecular formula is C16H17N5O2. The van der Waals surface area contributed by atoms with E-state index >= 15 is 0 Å². The van der Waals surface area contributed by atoms with E-state index in [1.54, 1.807) is 6.20 Å². The number of fused-ring (bicyclic) bond motifs is 1. The van der Waals surface area contributed by atoms with Gasteiger partial charge in [-0.3, -0.25) is 4.98 Å². The second kappa shape index (κ2) is 6.43. The molecule has 0 bridgehead atoms. The van der Waals surface area contributed by atoms with Crippen LogP contribution in [0.4, 0.5) is 5.82 Å². The zero-order valence-electron chi connectivity index (χ0n) is 12.7. The van der Waals surface area contributed by atoms with Crippen molar-refractivity contribution < 1.29 is 9.90 Å². The number of carboxylic acids is 1. The fraction of sp³-hybridized carbons (Fsp3) is 0.250. The number of aromatic nitrogens is 4. The predicted octanol–water partition coefficient (Wildman–Crippen LogP) is 2.12. The molecule has 2 aromatic heterocycles. The molecule has 2 heterocycles. The molecule has 23 heavy (non-hydrogen) atoms. The summed E-state index contributed by atoms with van der Waals surface area (Å²) in [5.74, 6) is 0.378. The minimum absolute atomic E-state index is 0.0512. The maximum Gasteiger partial charge on any atom is 0.356 e. The third-order valence-electron chi connectivity index (χ3n) is 3.60. The minimum atomic E-state index is -1.08. The summed E-state index contributed by atoms with van der Waals surface area (Å²) in [6, 6.07) is 7.88. The standard InChI is InChI=1S/C16H17N5O2/c1-2-21(15-10-17-9-13(20-15)16(22)23)8-7-14-18-11-5-3-4-6-12(11)19-14/h3-6,9-10H,2,7-8H2,1H3,(H,18,19)(H,22,23). The summed E-state index contributed by atoms with van der Waals surface area (Å²) in [7, 11) is 0. The van der Waals surface area contributed by atoms with Crippen molar-refractivity contribution in [3.63, 3.8) is 0 Å². The molecule has 3 aromatic rings. The number of nitrogens with zero attached hydrogens (tertiary/aromatic N) is 4. The number of imidazole rings is 1. The third-order valence-corrected chi connectivity index (χ3v) is 3.60. The highest BCUT2D eigenvalue weighted by Crippen LogP contribution is 2.13. The summed E-state index contributed by atoms with van der Waals surface area (Å²) in [5, 5.41) is 9.02. The summed E-state index contributed by atoms with van der Waals surface area (Å²) in [6.07, 6.45) is 3.54. The number of rotatable bonds is 6. The highest BCUT2D eigenvalue weighted by molar-refractivity contribution is 5.85. The number of H-pyrrole nitrogens is 1. The number of hydrogen-bond donors (Lipinski definition) is 2. The molecule has 3 rings (SSSR count). The van der Waals surface area contributed by atoms with Gasteiger partial charge >= 0.3 is 5.97 Å². The van der Waals surface area contributed by atoms with Gasteiger partial charge in [0.05, 0.1) is 23.4 Å². The van der Waals surface area contributed by atoms with Gasteiger partial charge in [-0.15, -0.1) is 0 Å². The van der Waals surface area contributed by atoms with E-state index in [4.69, 9.17) is 5.11 Å². The highest BCUT2D eigenvalue weighted by atomic mass is 16.4. The predicted molar refractivity (Wildman–Crippen MR) is 86.7 cm³/mol. The maximum atomic E-state index is 11.0. The number of para-hydroxylation sites is 2. The van der Waals surface area contributed by atoms with Crippen molar-refractivity contribution in [2.24, 2.45) is 0 Å². The Morgan fingerprint density at radius 2 is 2.09 bits per heavy atom. The molecule has 0 aliphatic heterocycles. The minimum Gasteiger partial charge on any atom is -0.476 e. The number of nitrogens with one attached hydrogen (secondary N) is 1. The summed E-state index contributed by atoms with van der Waals surface area (Å²) >= 11 is 0. The fourth-order valence-corrected chi connectivity index (χ4v) is 2.41. The van der Waals surface area contributed by atoms with Crippen molar-refractivity contribution in [3.8, 4) is 0 Å². The lowest BCUT2D eigenvalue weighted by atomic mass is 10.3. The van der Waals surface area contributed by atoms with Crippen molar-refractivity contribution in [3.05, 3.63) is 48.2 Å². The van der Waals surface area contributed by atoms with Gasteiger partial charge < -0.3 is 15.0 Å². The Bertz CT molecular complexity index is 797. The van der Waals surface area contributed by atoms with Gasteiger partial charge in [-0.1, -0.05) is 12.1 Å². The topological polar surface area (TPSA) is 95.0 Å². The van der Waals surface area contributed by atoms with Crippen LogP contribution in [-0.2, 0) is 6.42 Å². The summed E-state index contributed by atoms with van der Waals surface area (Å²) in [4.78, 5) is 28.9. The van der Waals surface area contributed by atoms with Crippen molar-refractivity contribution in [2.45, 2.75) is 13.3 Å². The second-order valence-corrected chi connectivity index (χ2v) is 5.10. The smallest absolute Gasteiger partial charge is 0.356 e. The van der Waals surface area contributed by atoms with Crippen LogP contribution in [0.1, 0.15) is 23.2 Å². The average Bonchev–Trinajstić information content (AvgIpc) is 2.98. The number of benzene rings is 1. The van der Waals surface area contributed by atoms with E-state index in [0.29, 0.717) is 25.3 Å². The normalized spacial score (nSPS) is 10.8.